The molecule has 6 rings (SSSR count). The Bertz CT molecular complexity index is 1390. The predicted molar refractivity (Wildman–Crippen MR) is 114 cm³/mol. The highest BCUT2D eigenvalue weighted by Crippen LogP contribution is 2.51. The van der Waals surface area contributed by atoms with Crippen LogP contribution < -0.4 is 0 Å². The van der Waals surface area contributed by atoms with E-state index < -0.39 is 0 Å². The van der Waals surface area contributed by atoms with E-state index in [1.54, 1.807) is 0 Å². The molecule has 134 valence electrons. The van der Waals surface area contributed by atoms with E-state index in [1.807, 2.05) is 12.3 Å². The zero-order chi connectivity index (χ0) is 18.9. The van der Waals surface area contributed by atoms with Gasteiger partial charge in [0.15, 0.2) is 5.82 Å². The highest BCUT2D eigenvalue weighted by atomic mass is 15.2. The first-order chi connectivity index (χ1) is 13.7. The molecule has 0 bridgehead atoms. The lowest BCUT2D eigenvalue weighted by atomic mass is 9.82. The largest absolute Gasteiger partial charge is 0.299 e. The van der Waals surface area contributed by atoms with E-state index in [9.17, 15) is 0 Å². The zero-order valence-corrected chi connectivity index (χ0v) is 15.8. The molecule has 0 saturated heterocycles. The van der Waals surface area contributed by atoms with E-state index in [0.717, 1.165) is 16.6 Å². The molecule has 0 amide bonds. The monoisotopic (exact) mass is 361 g/mol. The summed E-state index contributed by atoms with van der Waals surface area (Å²) in [5.41, 5.74) is 6.59. The highest BCUT2D eigenvalue weighted by Gasteiger charge is 2.36. The quantitative estimate of drug-likeness (QED) is 0.373. The fourth-order valence-corrected chi connectivity index (χ4v) is 4.78. The summed E-state index contributed by atoms with van der Waals surface area (Å²) in [5, 5.41) is 12.2. The minimum absolute atomic E-state index is 0.0142. The molecule has 0 spiro atoms. The van der Waals surface area contributed by atoms with Gasteiger partial charge in [0.05, 0.1) is 11.7 Å². The summed E-state index contributed by atoms with van der Waals surface area (Å²) in [7, 11) is 0. The van der Waals surface area contributed by atoms with Crippen LogP contribution in [0.25, 0.3) is 38.6 Å². The lowest BCUT2D eigenvalue weighted by Gasteiger charge is -2.21. The van der Waals surface area contributed by atoms with Gasteiger partial charge in [-0.2, -0.15) is 5.10 Å². The second-order valence-electron chi connectivity index (χ2n) is 8.04. The van der Waals surface area contributed by atoms with E-state index >= 15 is 0 Å². The molecule has 5 aromatic rings. The molecule has 3 aromatic carbocycles. The van der Waals surface area contributed by atoms with Crippen LogP contribution in [0.1, 0.15) is 25.0 Å². The zero-order valence-electron chi connectivity index (χ0n) is 15.8. The molecule has 3 nitrogen and oxygen atoms in total. The Morgan fingerprint density at radius 1 is 0.786 bits per heavy atom. The van der Waals surface area contributed by atoms with Crippen LogP contribution in [0.5, 0.6) is 0 Å². The molecule has 2 heterocycles. The van der Waals surface area contributed by atoms with Gasteiger partial charge in [0.1, 0.15) is 0 Å². The molecular weight excluding hydrogens is 342 g/mol. The Hall–Kier alpha value is -3.46. The highest BCUT2D eigenvalue weighted by molar-refractivity contribution is 6.02. The molecule has 0 atom stereocenters. The van der Waals surface area contributed by atoms with E-state index in [2.05, 4.69) is 95.5 Å². The summed E-state index contributed by atoms with van der Waals surface area (Å²) >= 11 is 0. The minimum atomic E-state index is -0.0142. The number of rotatable bonds is 1. The maximum absolute atomic E-state index is 4.53. The van der Waals surface area contributed by atoms with Gasteiger partial charge in [-0.05, 0) is 22.8 Å². The van der Waals surface area contributed by atoms with Crippen LogP contribution in [0.3, 0.4) is 0 Å². The fourth-order valence-electron chi connectivity index (χ4n) is 4.78. The third-order valence-electron chi connectivity index (χ3n) is 6.18. The van der Waals surface area contributed by atoms with Crippen LogP contribution in [-0.4, -0.2) is 14.8 Å². The molecule has 0 saturated carbocycles. The van der Waals surface area contributed by atoms with Crippen molar-refractivity contribution >= 4 is 21.7 Å². The molecule has 3 heteroatoms. The average Bonchev–Trinajstić information content (AvgIpc) is 3.25. The van der Waals surface area contributed by atoms with Crippen LogP contribution in [0.4, 0.5) is 0 Å². The minimum Gasteiger partial charge on any atom is -0.299 e. The fraction of sp³-hybridized carbons (Fsp3) is 0.120. The van der Waals surface area contributed by atoms with Gasteiger partial charge in [-0.15, -0.1) is 5.10 Å². The summed E-state index contributed by atoms with van der Waals surface area (Å²) in [4.78, 5) is 0. The first-order valence-corrected chi connectivity index (χ1v) is 9.61. The molecular formula is C25H19N3. The number of nitrogens with zero attached hydrogens (tertiary/aromatic N) is 3. The summed E-state index contributed by atoms with van der Waals surface area (Å²) in [6.45, 7) is 4.63. The Balaban J connectivity index is 1.77. The van der Waals surface area contributed by atoms with Crippen molar-refractivity contribution < 1.29 is 0 Å². The number of fused-ring (bicyclic) bond motifs is 6. The van der Waals surface area contributed by atoms with E-state index in [-0.39, 0.29) is 5.41 Å². The average molecular weight is 361 g/mol. The van der Waals surface area contributed by atoms with Crippen LogP contribution in [-0.2, 0) is 5.41 Å². The van der Waals surface area contributed by atoms with Gasteiger partial charge in [0.25, 0.3) is 0 Å². The molecule has 0 aliphatic heterocycles. The van der Waals surface area contributed by atoms with Crippen LogP contribution in [0, 0.1) is 0 Å². The lowest BCUT2D eigenvalue weighted by molar-refractivity contribution is 0.661. The molecule has 1 aliphatic carbocycles. The smallest absolute Gasteiger partial charge is 0.167 e. The molecule has 0 unspecified atom stereocenters. The predicted octanol–water partition coefficient (Wildman–Crippen LogP) is 5.88. The lowest BCUT2D eigenvalue weighted by Crippen LogP contribution is -2.14. The number of hydrogen-bond acceptors (Lipinski definition) is 2. The van der Waals surface area contributed by atoms with E-state index in [4.69, 9.17) is 0 Å². The Morgan fingerprint density at radius 2 is 1.61 bits per heavy atom. The van der Waals surface area contributed by atoms with Gasteiger partial charge in [0.2, 0.25) is 0 Å². The van der Waals surface area contributed by atoms with Gasteiger partial charge >= 0.3 is 0 Å². The third-order valence-corrected chi connectivity index (χ3v) is 6.18. The Kier molecular flexibility index (Phi) is 2.95. The van der Waals surface area contributed by atoms with Crippen molar-refractivity contribution in [3.8, 4) is 16.9 Å². The van der Waals surface area contributed by atoms with Crippen molar-refractivity contribution in [2.24, 2.45) is 0 Å². The van der Waals surface area contributed by atoms with Crippen LogP contribution in [0.15, 0.2) is 79.1 Å². The number of hydrogen-bond donors (Lipinski definition) is 0. The topological polar surface area (TPSA) is 30.7 Å². The Labute approximate surface area is 163 Å². The molecule has 28 heavy (non-hydrogen) atoms. The SMILES string of the molecule is CC1(C)c2ccccc2-c2c1ccc1ccn(-c3nncc4ccccc34)c21. The van der Waals surface area contributed by atoms with Gasteiger partial charge in [-0.3, -0.25) is 4.57 Å². The maximum Gasteiger partial charge on any atom is 0.167 e. The number of benzene rings is 3. The van der Waals surface area contributed by atoms with Gasteiger partial charge in [0, 0.05) is 33.3 Å². The van der Waals surface area contributed by atoms with Crippen LogP contribution >= 0.6 is 0 Å². The van der Waals surface area contributed by atoms with Gasteiger partial charge in [-0.25, -0.2) is 0 Å². The molecule has 1 aliphatic rings. The third kappa shape index (κ3) is 1.88. The van der Waals surface area contributed by atoms with Crippen molar-refractivity contribution in [3.63, 3.8) is 0 Å². The van der Waals surface area contributed by atoms with E-state index in [0.29, 0.717) is 0 Å². The van der Waals surface area contributed by atoms with Crippen molar-refractivity contribution in [1.29, 1.82) is 0 Å². The second kappa shape index (κ2) is 5.29. The standard InChI is InChI=1S/C25H19N3/c1-25(2)20-10-6-5-9-19(20)22-21(25)12-11-16-13-14-28(23(16)22)24-18-8-4-3-7-17(18)15-26-27-24/h3-15H,1-2H3. The maximum atomic E-state index is 4.53. The normalized spacial score (nSPS) is 14.4. The van der Waals surface area contributed by atoms with Crippen molar-refractivity contribution in [2.45, 2.75) is 19.3 Å². The molecule has 0 fully saturated rings. The molecule has 0 radical (unpaired) electrons. The van der Waals surface area contributed by atoms with Gasteiger partial charge in [-0.1, -0.05) is 74.5 Å². The second-order valence-corrected chi connectivity index (χ2v) is 8.04. The molecule has 0 N–H and O–H groups in total. The van der Waals surface area contributed by atoms with Crippen molar-refractivity contribution in [3.05, 3.63) is 90.3 Å². The van der Waals surface area contributed by atoms with Crippen LogP contribution in [0.2, 0.25) is 0 Å². The van der Waals surface area contributed by atoms with Crippen molar-refractivity contribution in [1.82, 2.24) is 14.8 Å². The Morgan fingerprint density at radius 3 is 2.54 bits per heavy atom. The van der Waals surface area contributed by atoms with Gasteiger partial charge < -0.3 is 0 Å². The number of aromatic nitrogens is 3. The van der Waals surface area contributed by atoms with E-state index in [1.165, 1.54) is 33.2 Å². The summed E-state index contributed by atoms with van der Waals surface area (Å²) < 4.78 is 2.21. The summed E-state index contributed by atoms with van der Waals surface area (Å²) in [6.07, 6.45) is 3.95. The first-order valence-electron chi connectivity index (χ1n) is 9.61. The molecule has 2 aromatic heterocycles. The summed E-state index contributed by atoms with van der Waals surface area (Å²) in [6, 6.07) is 23.8. The summed E-state index contributed by atoms with van der Waals surface area (Å²) in [5.74, 6) is 0.878. The first kappa shape index (κ1) is 15.6. The van der Waals surface area contributed by atoms with Crippen molar-refractivity contribution in [2.75, 3.05) is 0 Å².